The monoisotopic (exact) mass is 158 g/mol. The summed E-state index contributed by atoms with van der Waals surface area (Å²) < 4.78 is 0. The Hall–Kier alpha value is -0.610. The number of likely N-dealkylation sites (N-methyl/N-ethyl adjacent to an activating group) is 1. The Morgan fingerprint density at radius 1 is 1.82 bits per heavy atom. The molecule has 0 aromatic heterocycles. The van der Waals surface area contributed by atoms with E-state index in [0.717, 1.165) is 13.0 Å². The first-order valence-electron chi connectivity index (χ1n) is 3.77. The maximum atomic E-state index is 10.3. The van der Waals surface area contributed by atoms with Gasteiger partial charge in [0.25, 0.3) is 0 Å². The zero-order valence-corrected chi connectivity index (χ0v) is 6.66. The third kappa shape index (κ3) is 2.17. The minimum atomic E-state index is -0.740. The second-order valence-corrected chi connectivity index (χ2v) is 3.19. The highest BCUT2D eigenvalue weighted by atomic mass is 16.4. The number of carboxylic acid groups (broad SMARTS) is 1. The summed E-state index contributed by atoms with van der Waals surface area (Å²) in [7, 11) is 1.92. The average molecular weight is 158 g/mol. The van der Waals surface area contributed by atoms with Crippen molar-refractivity contribution in [2.24, 2.45) is 5.73 Å². The fraction of sp³-hybridized carbons (Fsp3) is 0.857. The zero-order valence-electron chi connectivity index (χ0n) is 6.66. The molecule has 0 aromatic carbocycles. The van der Waals surface area contributed by atoms with Crippen LogP contribution in [0.15, 0.2) is 0 Å². The fourth-order valence-electron chi connectivity index (χ4n) is 1.56. The molecule has 2 atom stereocenters. The highest BCUT2D eigenvalue weighted by molar-refractivity contribution is 5.67. The number of likely N-dealkylation sites (tertiary alicyclic amines) is 1. The lowest BCUT2D eigenvalue weighted by molar-refractivity contribution is -0.138. The summed E-state index contributed by atoms with van der Waals surface area (Å²) >= 11 is 0. The Balaban J connectivity index is 2.40. The molecule has 0 saturated carbocycles. The molecule has 0 amide bonds. The number of hydrogen-bond donors (Lipinski definition) is 2. The smallest absolute Gasteiger partial charge is 0.304 e. The average Bonchev–Trinajstić information content (AvgIpc) is 2.09. The molecule has 1 fully saturated rings. The van der Waals surface area contributed by atoms with Crippen LogP contribution in [0.5, 0.6) is 0 Å². The van der Waals surface area contributed by atoms with Crippen molar-refractivity contribution >= 4 is 5.97 Å². The zero-order chi connectivity index (χ0) is 8.43. The fourth-order valence-corrected chi connectivity index (χ4v) is 1.56. The standard InChI is InChI=1S/C7H14N2O2/c1-9-4-5(8)2-6(9)3-7(10)11/h5-6H,2-4,8H2,1H3,(H,10,11)/t5-,6-/m1/s1. The van der Waals surface area contributed by atoms with Crippen LogP contribution in [0.1, 0.15) is 12.8 Å². The van der Waals surface area contributed by atoms with Crippen LogP contribution in [0, 0.1) is 0 Å². The molecule has 1 heterocycles. The lowest BCUT2D eigenvalue weighted by Gasteiger charge is -2.15. The number of aliphatic carboxylic acids is 1. The molecule has 0 radical (unpaired) electrons. The van der Waals surface area contributed by atoms with Crippen molar-refractivity contribution < 1.29 is 9.90 Å². The van der Waals surface area contributed by atoms with Gasteiger partial charge in [-0.1, -0.05) is 0 Å². The number of hydrogen-bond acceptors (Lipinski definition) is 3. The molecule has 0 aromatic rings. The van der Waals surface area contributed by atoms with Gasteiger partial charge in [-0.25, -0.2) is 0 Å². The maximum absolute atomic E-state index is 10.3. The van der Waals surface area contributed by atoms with E-state index in [4.69, 9.17) is 10.8 Å². The van der Waals surface area contributed by atoms with Crippen molar-refractivity contribution in [1.82, 2.24) is 4.90 Å². The van der Waals surface area contributed by atoms with Crippen LogP contribution in [-0.4, -0.2) is 41.7 Å². The van der Waals surface area contributed by atoms with Gasteiger partial charge in [0.1, 0.15) is 0 Å². The van der Waals surface area contributed by atoms with Gasteiger partial charge in [0, 0.05) is 18.6 Å². The SMILES string of the molecule is CN1C[C@H](N)C[C@@H]1CC(=O)O. The minimum Gasteiger partial charge on any atom is -0.481 e. The third-order valence-corrected chi connectivity index (χ3v) is 2.13. The summed E-state index contributed by atoms with van der Waals surface area (Å²) in [5.74, 6) is -0.740. The molecule has 1 rings (SSSR count). The summed E-state index contributed by atoms with van der Waals surface area (Å²) in [6.07, 6.45) is 1.02. The maximum Gasteiger partial charge on any atom is 0.304 e. The van der Waals surface area contributed by atoms with Gasteiger partial charge >= 0.3 is 5.97 Å². The molecule has 0 unspecified atom stereocenters. The van der Waals surface area contributed by atoms with Gasteiger partial charge in [-0.15, -0.1) is 0 Å². The van der Waals surface area contributed by atoms with E-state index in [1.807, 2.05) is 11.9 Å². The van der Waals surface area contributed by atoms with E-state index in [0.29, 0.717) is 0 Å². The van der Waals surface area contributed by atoms with E-state index in [1.165, 1.54) is 0 Å². The molecule has 3 N–H and O–H groups in total. The molecule has 4 heteroatoms. The lowest BCUT2D eigenvalue weighted by Crippen LogP contribution is -2.28. The van der Waals surface area contributed by atoms with Gasteiger partial charge in [0.15, 0.2) is 0 Å². The topological polar surface area (TPSA) is 66.6 Å². The molecule has 64 valence electrons. The Kier molecular flexibility index (Phi) is 2.46. The number of carboxylic acids is 1. The van der Waals surface area contributed by atoms with Gasteiger partial charge in [0.2, 0.25) is 0 Å². The van der Waals surface area contributed by atoms with Gasteiger partial charge in [-0.05, 0) is 13.5 Å². The van der Waals surface area contributed by atoms with Gasteiger partial charge in [0.05, 0.1) is 6.42 Å². The van der Waals surface area contributed by atoms with Gasteiger partial charge in [-0.3, -0.25) is 4.79 Å². The van der Waals surface area contributed by atoms with Crippen LogP contribution in [0.3, 0.4) is 0 Å². The molecule has 11 heavy (non-hydrogen) atoms. The van der Waals surface area contributed by atoms with Crippen molar-refractivity contribution in [2.75, 3.05) is 13.6 Å². The van der Waals surface area contributed by atoms with Crippen molar-refractivity contribution in [1.29, 1.82) is 0 Å². The Labute approximate surface area is 66.0 Å². The summed E-state index contributed by atoms with van der Waals surface area (Å²) in [6.45, 7) is 0.817. The quantitative estimate of drug-likeness (QED) is 0.568. The summed E-state index contributed by atoms with van der Waals surface area (Å²) in [5, 5.41) is 8.51. The Morgan fingerprint density at radius 2 is 2.45 bits per heavy atom. The summed E-state index contributed by atoms with van der Waals surface area (Å²) in [6, 6.07) is 0.298. The number of nitrogens with zero attached hydrogens (tertiary/aromatic N) is 1. The molecular weight excluding hydrogens is 144 g/mol. The predicted octanol–water partition coefficient (Wildman–Crippen LogP) is -0.507. The lowest BCUT2D eigenvalue weighted by atomic mass is 10.1. The molecule has 0 bridgehead atoms. The molecule has 1 aliphatic rings. The van der Waals surface area contributed by atoms with E-state index in [1.54, 1.807) is 0 Å². The van der Waals surface area contributed by atoms with Crippen molar-refractivity contribution in [3.63, 3.8) is 0 Å². The molecule has 0 aliphatic carbocycles. The largest absolute Gasteiger partial charge is 0.481 e. The van der Waals surface area contributed by atoms with E-state index >= 15 is 0 Å². The Morgan fingerprint density at radius 3 is 2.82 bits per heavy atom. The second-order valence-electron chi connectivity index (χ2n) is 3.19. The number of nitrogens with two attached hydrogens (primary N) is 1. The number of rotatable bonds is 2. The van der Waals surface area contributed by atoms with Gasteiger partial charge in [-0.2, -0.15) is 0 Å². The van der Waals surface area contributed by atoms with Crippen LogP contribution in [0.4, 0.5) is 0 Å². The van der Waals surface area contributed by atoms with Crippen molar-refractivity contribution in [2.45, 2.75) is 24.9 Å². The van der Waals surface area contributed by atoms with E-state index in [9.17, 15) is 4.79 Å². The summed E-state index contributed by atoms with van der Waals surface area (Å²) in [5.41, 5.74) is 5.66. The van der Waals surface area contributed by atoms with E-state index in [-0.39, 0.29) is 18.5 Å². The summed E-state index contributed by atoms with van der Waals surface area (Å²) in [4.78, 5) is 12.4. The normalized spacial score (nSPS) is 32.5. The van der Waals surface area contributed by atoms with E-state index < -0.39 is 5.97 Å². The third-order valence-electron chi connectivity index (χ3n) is 2.13. The molecule has 1 saturated heterocycles. The van der Waals surface area contributed by atoms with Crippen molar-refractivity contribution in [3.05, 3.63) is 0 Å². The van der Waals surface area contributed by atoms with E-state index in [2.05, 4.69) is 0 Å². The predicted molar refractivity (Wildman–Crippen MR) is 41.3 cm³/mol. The van der Waals surface area contributed by atoms with Crippen LogP contribution in [0.2, 0.25) is 0 Å². The van der Waals surface area contributed by atoms with Gasteiger partial charge < -0.3 is 15.7 Å². The first-order chi connectivity index (χ1) is 5.09. The number of carbonyl (C=O) groups is 1. The van der Waals surface area contributed by atoms with Crippen LogP contribution in [-0.2, 0) is 4.79 Å². The highest BCUT2D eigenvalue weighted by Crippen LogP contribution is 2.16. The first-order valence-corrected chi connectivity index (χ1v) is 3.77. The van der Waals surface area contributed by atoms with Crippen LogP contribution < -0.4 is 5.73 Å². The molecule has 1 aliphatic heterocycles. The highest BCUT2D eigenvalue weighted by Gasteiger charge is 2.28. The Bertz CT molecular complexity index is 161. The van der Waals surface area contributed by atoms with Crippen LogP contribution in [0.25, 0.3) is 0 Å². The minimum absolute atomic E-state index is 0.141. The van der Waals surface area contributed by atoms with Crippen molar-refractivity contribution in [3.8, 4) is 0 Å². The first kappa shape index (κ1) is 8.49. The van der Waals surface area contributed by atoms with Crippen LogP contribution >= 0.6 is 0 Å². The molecule has 4 nitrogen and oxygen atoms in total. The molecule has 0 spiro atoms. The molecular formula is C7H14N2O2. The second kappa shape index (κ2) is 3.19.